The standard InChI is InChI=1S/C26H24N4O5S/c1-34-20-12-8-17(9-13-20)24(32)28-30-22(16-23(31)27-18-6-4-3-5-7-18)25(33)29(26(30)36)19-10-14-21(35-2)15-11-19/h3-15,22H,16H2,1-2H3,(H,27,31)(H,28,32). The molecular weight excluding hydrogens is 480 g/mol. The minimum atomic E-state index is -1.05. The molecule has 0 spiro atoms. The number of hydrogen-bond acceptors (Lipinski definition) is 6. The molecule has 0 bridgehead atoms. The van der Waals surface area contributed by atoms with Gasteiger partial charge in [0, 0.05) is 11.3 Å². The van der Waals surface area contributed by atoms with E-state index in [-0.39, 0.29) is 11.5 Å². The zero-order valence-corrected chi connectivity index (χ0v) is 20.5. The molecule has 3 aromatic carbocycles. The Balaban J connectivity index is 1.59. The summed E-state index contributed by atoms with van der Waals surface area (Å²) < 4.78 is 10.3. The maximum atomic E-state index is 13.5. The van der Waals surface area contributed by atoms with Crippen molar-refractivity contribution in [2.24, 2.45) is 0 Å². The van der Waals surface area contributed by atoms with Gasteiger partial charge in [-0.2, -0.15) is 0 Å². The summed E-state index contributed by atoms with van der Waals surface area (Å²) in [7, 11) is 3.07. The highest BCUT2D eigenvalue weighted by atomic mass is 32.1. The molecule has 1 fully saturated rings. The third-order valence-corrected chi connectivity index (χ3v) is 5.93. The summed E-state index contributed by atoms with van der Waals surface area (Å²) in [6.45, 7) is 0. The lowest BCUT2D eigenvalue weighted by molar-refractivity contribution is -0.124. The van der Waals surface area contributed by atoms with Crippen LogP contribution in [-0.4, -0.2) is 48.1 Å². The van der Waals surface area contributed by atoms with Gasteiger partial charge in [-0.1, -0.05) is 18.2 Å². The number of carbonyl (C=O) groups is 3. The van der Waals surface area contributed by atoms with Crippen molar-refractivity contribution in [2.45, 2.75) is 12.5 Å². The molecule has 1 saturated heterocycles. The molecule has 4 rings (SSSR count). The van der Waals surface area contributed by atoms with Gasteiger partial charge in [-0.25, -0.2) is 5.01 Å². The summed E-state index contributed by atoms with van der Waals surface area (Å²) in [6.07, 6.45) is -0.233. The first-order chi connectivity index (χ1) is 17.4. The van der Waals surface area contributed by atoms with Gasteiger partial charge in [-0.15, -0.1) is 0 Å². The summed E-state index contributed by atoms with van der Waals surface area (Å²) in [6, 6.07) is 21.1. The fourth-order valence-corrected chi connectivity index (χ4v) is 4.06. The van der Waals surface area contributed by atoms with Crippen molar-refractivity contribution < 1.29 is 23.9 Å². The number of benzene rings is 3. The van der Waals surface area contributed by atoms with Gasteiger partial charge in [0.05, 0.1) is 26.3 Å². The van der Waals surface area contributed by atoms with Crippen molar-refractivity contribution in [1.82, 2.24) is 10.4 Å². The zero-order valence-electron chi connectivity index (χ0n) is 19.6. The van der Waals surface area contributed by atoms with Crippen LogP contribution in [0.2, 0.25) is 0 Å². The number of hydrazine groups is 1. The molecule has 3 amide bonds. The Labute approximate surface area is 213 Å². The highest BCUT2D eigenvalue weighted by molar-refractivity contribution is 7.80. The third-order valence-electron chi connectivity index (χ3n) is 5.56. The first-order valence-corrected chi connectivity index (χ1v) is 11.4. The number of carbonyl (C=O) groups excluding carboxylic acids is 3. The molecule has 1 atom stereocenters. The number of nitrogens with zero attached hydrogens (tertiary/aromatic N) is 2. The molecule has 0 saturated carbocycles. The van der Waals surface area contributed by atoms with E-state index in [1.807, 2.05) is 6.07 Å². The maximum Gasteiger partial charge on any atom is 0.269 e. The van der Waals surface area contributed by atoms with E-state index in [9.17, 15) is 14.4 Å². The fraction of sp³-hybridized carbons (Fsp3) is 0.154. The van der Waals surface area contributed by atoms with Gasteiger partial charge < -0.3 is 14.8 Å². The number of amides is 3. The smallest absolute Gasteiger partial charge is 0.269 e. The minimum Gasteiger partial charge on any atom is -0.497 e. The van der Waals surface area contributed by atoms with Crippen molar-refractivity contribution in [1.29, 1.82) is 0 Å². The topological polar surface area (TPSA) is 100 Å². The highest BCUT2D eigenvalue weighted by Gasteiger charge is 2.45. The van der Waals surface area contributed by atoms with Crippen LogP contribution in [0.3, 0.4) is 0 Å². The van der Waals surface area contributed by atoms with Crippen LogP contribution in [0.15, 0.2) is 78.9 Å². The lowest BCUT2D eigenvalue weighted by atomic mass is 10.1. The summed E-state index contributed by atoms with van der Waals surface area (Å²) >= 11 is 5.58. The number of methoxy groups -OCH3 is 2. The van der Waals surface area contributed by atoms with Crippen molar-refractivity contribution in [2.75, 3.05) is 24.4 Å². The summed E-state index contributed by atoms with van der Waals surface area (Å²) in [4.78, 5) is 40.6. The number of thiocarbonyl (C=S) groups is 1. The Morgan fingerprint density at radius 3 is 2.06 bits per heavy atom. The van der Waals surface area contributed by atoms with Crippen LogP contribution in [-0.2, 0) is 9.59 Å². The molecule has 1 unspecified atom stereocenters. The van der Waals surface area contributed by atoms with Gasteiger partial charge in [0.1, 0.15) is 17.5 Å². The molecule has 0 aliphatic carbocycles. The van der Waals surface area contributed by atoms with Crippen LogP contribution in [0.4, 0.5) is 11.4 Å². The number of ether oxygens (including phenoxy) is 2. The van der Waals surface area contributed by atoms with Crippen molar-refractivity contribution in [3.8, 4) is 11.5 Å². The molecule has 1 aliphatic rings. The van der Waals surface area contributed by atoms with Crippen LogP contribution in [0.1, 0.15) is 16.8 Å². The van der Waals surface area contributed by atoms with Gasteiger partial charge in [0.2, 0.25) is 11.0 Å². The predicted octanol–water partition coefficient (Wildman–Crippen LogP) is 3.38. The van der Waals surface area contributed by atoms with Crippen LogP contribution < -0.4 is 25.1 Å². The van der Waals surface area contributed by atoms with E-state index in [2.05, 4.69) is 10.7 Å². The number of para-hydroxylation sites is 1. The molecule has 1 heterocycles. The summed E-state index contributed by atoms with van der Waals surface area (Å²) in [5, 5.41) is 4.08. The molecule has 36 heavy (non-hydrogen) atoms. The van der Waals surface area contributed by atoms with Crippen molar-refractivity contribution in [3.05, 3.63) is 84.4 Å². The van der Waals surface area contributed by atoms with E-state index in [1.54, 1.807) is 79.9 Å². The normalized spacial score (nSPS) is 15.0. The van der Waals surface area contributed by atoms with Crippen LogP contribution >= 0.6 is 12.2 Å². The Morgan fingerprint density at radius 2 is 1.47 bits per heavy atom. The molecule has 0 radical (unpaired) electrons. The minimum absolute atomic E-state index is 0.0459. The average Bonchev–Trinajstić information content (AvgIpc) is 3.13. The Kier molecular flexibility index (Phi) is 7.45. The first kappa shape index (κ1) is 24.7. The highest BCUT2D eigenvalue weighted by Crippen LogP contribution is 2.28. The molecule has 2 N–H and O–H groups in total. The first-order valence-electron chi connectivity index (χ1n) is 11.0. The molecule has 1 aliphatic heterocycles. The van der Waals surface area contributed by atoms with E-state index >= 15 is 0 Å². The van der Waals surface area contributed by atoms with E-state index in [1.165, 1.54) is 17.0 Å². The lowest BCUT2D eigenvalue weighted by Gasteiger charge is -2.24. The molecular formula is C26H24N4O5S. The van der Waals surface area contributed by atoms with E-state index in [4.69, 9.17) is 21.7 Å². The quantitative estimate of drug-likeness (QED) is 0.454. The summed E-state index contributed by atoms with van der Waals surface area (Å²) in [5.74, 6) is -0.122. The Morgan fingerprint density at radius 1 is 0.889 bits per heavy atom. The maximum absolute atomic E-state index is 13.5. The molecule has 184 valence electrons. The fourth-order valence-electron chi connectivity index (χ4n) is 3.69. The zero-order chi connectivity index (χ0) is 25.7. The predicted molar refractivity (Wildman–Crippen MR) is 139 cm³/mol. The molecule has 9 nitrogen and oxygen atoms in total. The van der Waals surface area contributed by atoms with Crippen LogP contribution in [0, 0.1) is 0 Å². The van der Waals surface area contributed by atoms with Gasteiger partial charge in [-0.05, 0) is 72.9 Å². The van der Waals surface area contributed by atoms with E-state index in [0.717, 1.165) is 0 Å². The van der Waals surface area contributed by atoms with Crippen molar-refractivity contribution >= 4 is 46.4 Å². The number of anilines is 2. The van der Waals surface area contributed by atoms with Crippen LogP contribution in [0.25, 0.3) is 0 Å². The van der Waals surface area contributed by atoms with Crippen LogP contribution in [0.5, 0.6) is 11.5 Å². The molecule has 10 heteroatoms. The van der Waals surface area contributed by atoms with Crippen molar-refractivity contribution in [3.63, 3.8) is 0 Å². The monoisotopic (exact) mass is 504 g/mol. The van der Waals surface area contributed by atoms with Gasteiger partial charge in [0.25, 0.3) is 11.8 Å². The van der Waals surface area contributed by atoms with Gasteiger partial charge in [0.15, 0.2) is 0 Å². The lowest BCUT2D eigenvalue weighted by Crippen LogP contribution is -2.49. The Hall–Kier alpha value is -4.44. The largest absolute Gasteiger partial charge is 0.497 e. The SMILES string of the molecule is COc1ccc(C(=O)NN2C(=S)N(c3ccc(OC)cc3)C(=O)C2CC(=O)Nc2ccccc2)cc1. The summed E-state index contributed by atoms with van der Waals surface area (Å²) in [5.41, 5.74) is 4.11. The molecule has 0 aromatic heterocycles. The van der Waals surface area contributed by atoms with Gasteiger partial charge >= 0.3 is 0 Å². The van der Waals surface area contributed by atoms with E-state index < -0.39 is 23.8 Å². The second-order valence-corrected chi connectivity index (χ2v) is 8.19. The second kappa shape index (κ2) is 10.9. The Bertz CT molecular complexity index is 1270. The number of rotatable bonds is 8. The average molecular weight is 505 g/mol. The number of hydrogen-bond donors (Lipinski definition) is 2. The third kappa shape index (κ3) is 5.28. The second-order valence-electron chi connectivity index (χ2n) is 7.83. The number of nitrogens with one attached hydrogen (secondary N) is 2. The van der Waals surface area contributed by atoms with Gasteiger partial charge in [-0.3, -0.25) is 24.7 Å². The molecule has 3 aromatic rings. The van der Waals surface area contributed by atoms with E-state index in [0.29, 0.717) is 28.4 Å².